The van der Waals surface area contributed by atoms with Gasteiger partial charge in [-0.1, -0.05) is 48.5 Å². The number of amides is 1. The number of ether oxygens (including phenoxy) is 1. The Labute approximate surface area is 393 Å². The molecule has 0 atom stereocenters. The molecule has 23 heteroatoms. The van der Waals surface area contributed by atoms with Gasteiger partial charge in [-0.15, -0.1) is 25.3 Å². The van der Waals surface area contributed by atoms with Gasteiger partial charge in [0.05, 0.1) is 15.9 Å². The average molecular weight is 1010 g/mol. The molecule has 3 heterocycles. The number of benzene rings is 5. The number of hydrogen-bond acceptors (Lipinski definition) is 14. The molecule has 0 radical (unpaired) electrons. The van der Waals surface area contributed by atoms with E-state index in [2.05, 4.69) is 21.6 Å². The van der Waals surface area contributed by atoms with Gasteiger partial charge in [0.25, 0.3) is 26.1 Å². The van der Waals surface area contributed by atoms with Gasteiger partial charge in [-0.05, 0) is 78.8 Å². The maximum atomic E-state index is 14.2. The van der Waals surface area contributed by atoms with E-state index >= 15 is 0 Å². The van der Waals surface area contributed by atoms with E-state index in [-0.39, 0.29) is 35.2 Å². The van der Waals surface area contributed by atoms with Crippen LogP contribution < -0.4 is 24.8 Å². The maximum absolute atomic E-state index is 14.2. The number of aliphatic carboxylic acids is 1. The molecule has 3 aliphatic heterocycles. The minimum absolute atomic E-state index is 0.0593. The van der Waals surface area contributed by atoms with Gasteiger partial charge in [0, 0.05) is 84.3 Å². The van der Waals surface area contributed by atoms with E-state index in [1.165, 1.54) is 18.2 Å². The minimum Gasteiger partial charge on any atom is -0.481 e. The van der Waals surface area contributed by atoms with Crippen LogP contribution in [0.1, 0.15) is 69.4 Å². The number of nitrogens with zero attached hydrogens (tertiary/aromatic N) is 3. The lowest BCUT2D eigenvalue weighted by Crippen LogP contribution is -2.39. The van der Waals surface area contributed by atoms with E-state index in [0.717, 1.165) is 76.3 Å². The number of hydrogen-bond donors (Lipinski definition) is 3. The topological polar surface area (TPSA) is 284 Å². The predicted molar refractivity (Wildman–Crippen MR) is 243 cm³/mol. The van der Waals surface area contributed by atoms with Crippen LogP contribution in [-0.2, 0) is 72.2 Å². The van der Waals surface area contributed by atoms with Crippen molar-refractivity contribution in [3.63, 3.8) is 0 Å². The van der Waals surface area contributed by atoms with Crippen molar-refractivity contribution >= 4 is 64.6 Å². The van der Waals surface area contributed by atoms with Crippen LogP contribution in [0.3, 0.4) is 0 Å². The van der Waals surface area contributed by atoms with Crippen LogP contribution in [-0.4, -0.2) is 99.8 Å². The fraction of sp³-hybridized carbons (Fsp3) is 0.267. The highest BCUT2D eigenvalue weighted by Gasteiger charge is 2.31. The predicted octanol–water partition coefficient (Wildman–Crippen LogP) is 3.05. The Hall–Kier alpha value is -6.63. The van der Waals surface area contributed by atoms with Crippen molar-refractivity contribution in [1.82, 2.24) is 9.48 Å². The van der Waals surface area contributed by atoms with Crippen molar-refractivity contribution in [2.24, 2.45) is 0 Å². The Morgan fingerprint density at radius 3 is 2.07 bits per heavy atom. The van der Waals surface area contributed by atoms with E-state index in [0.29, 0.717) is 47.7 Å². The first-order chi connectivity index (χ1) is 32.1. The van der Waals surface area contributed by atoms with Gasteiger partial charge < -0.3 is 19.6 Å². The van der Waals surface area contributed by atoms with Crippen molar-refractivity contribution in [2.75, 3.05) is 31.6 Å². The smallest absolute Gasteiger partial charge is 0.425 e. The highest BCUT2D eigenvalue weighted by Crippen LogP contribution is 2.43. The van der Waals surface area contributed by atoms with Crippen LogP contribution in [0.15, 0.2) is 107 Å². The average Bonchev–Trinajstić information content (AvgIpc) is 3.26. The van der Waals surface area contributed by atoms with Crippen LogP contribution in [0.4, 0.5) is 5.69 Å². The van der Waals surface area contributed by atoms with Crippen LogP contribution in [0.25, 0.3) is 5.57 Å². The van der Waals surface area contributed by atoms with Crippen LogP contribution >= 0.6 is 0 Å². The molecule has 358 valence electrons. The molecular formula is C45H44N3O16S4+. The molecule has 0 aliphatic carbocycles. The zero-order valence-corrected chi connectivity index (χ0v) is 39.4. The quantitative estimate of drug-likeness (QED) is 0.117. The monoisotopic (exact) mass is 1010 g/mol. The standard InChI is InChI=1S/C45H43N3O10S2.2O3S/c1-46(20-8-15-43(49)50)45(51)35-13-4-3-12-34(35)44-36-23-30-10-6-21-47(27-29-16-18-33(19-17-29)59(52,53)54)38(30)25-40(36)58-41-26-39-31(24-37(41)44)11-7-22-48(39)28-32-9-2-5-14-42(32)60(55,56)57;2*1-4(2)3/h2-5,9,12-14,16-19,23-26H,6-8,10-11,15,20-22,27-28H2,1H3,(H2-,49,50,52,53,54,55,56,57);;/p+1. The van der Waals surface area contributed by atoms with Gasteiger partial charge in [-0.3, -0.25) is 18.7 Å². The number of anilines is 1. The second-order valence-corrected chi connectivity index (χ2v) is 19.5. The molecule has 0 unspecified atom stereocenters. The first kappa shape index (κ1) is 50.8. The first-order valence-electron chi connectivity index (χ1n) is 20.7. The summed E-state index contributed by atoms with van der Waals surface area (Å²) in [5, 5.41) is 11.0. The van der Waals surface area contributed by atoms with Gasteiger partial charge >= 0.3 is 27.2 Å². The zero-order valence-electron chi connectivity index (χ0n) is 36.1. The summed E-state index contributed by atoms with van der Waals surface area (Å²) in [7, 11) is -13.3. The van der Waals surface area contributed by atoms with E-state index < -0.39 is 47.4 Å². The molecule has 8 rings (SSSR count). The molecular weight excluding hydrogens is 967 g/mol. The van der Waals surface area contributed by atoms with Crippen LogP contribution in [0, 0.1) is 0 Å². The summed E-state index contributed by atoms with van der Waals surface area (Å²) in [6.45, 7) is 2.34. The Kier molecular flexibility index (Phi) is 16.1. The van der Waals surface area contributed by atoms with Crippen molar-refractivity contribution in [1.29, 1.82) is 0 Å². The first-order valence-corrected chi connectivity index (χ1v) is 25.6. The molecule has 0 spiro atoms. The van der Waals surface area contributed by atoms with Crippen molar-refractivity contribution < 1.29 is 70.6 Å². The number of carbonyl (C=O) groups is 2. The fourth-order valence-corrected chi connectivity index (χ4v) is 9.76. The molecule has 5 aromatic rings. The van der Waals surface area contributed by atoms with E-state index in [9.17, 15) is 40.6 Å². The highest BCUT2D eigenvalue weighted by molar-refractivity contribution is 7.86. The number of carboxylic acids is 1. The largest absolute Gasteiger partial charge is 0.481 e. The summed E-state index contributed by atoms with van der Waals surface area (Å²) in [6, 6.07) is 28.2. The van der Waals surface area contributed by atoms with E-state index in [4.69, 9.17) is 30.0 Å². The normalized spacial score (nSPS) is 13.7. The maximum Gasteiger partial charge on any atom is 0.425 e. The van der Waals surface area contributed by atoms with Gasteiger partial charge in [0.1, 0.15) is 18.0 Å². The van der Waals surface area contributed by atoms with E-state index in [1.54, 1.807) is 48.3 Å². The van der Waals surface area contributed by atoms with Crippen LogP contribution in [0.5, 0.6) is 11.5 Å². The molecule has 0 saturated carbocycles. The summed E-state index contributed by atoms with van der Waals surface area (Å²) in [6.07, 6.45) is 3.44. The molecule has 0 bridgehead atoms. The fourth-order valence-electron chi connectivity index (χ4n) is 8.56. The zero-order chi connectivity index (χ0) is 49.5. The molecule has 0 saturated heterocycles. The second kappa shape index (κ2) is 21.5. The molecule has 1 amide bonds. The van der Waals surface area contributed by atoms with Gasteiger partial charge in [0.15, 0.2) is 6.54 Å². The lowest BCUT2D eigenvalue weighted by molar-refractivity contribution is -0.137. The molecule has 5 aromatic carbocycles. The molecule has 3 N–H and O–H groups in total. The second-order valence-electron chi connectivity index (χ2n) is 15.9. The summed E-state index contributed by atoms with van der Waals surface area (Å²) in [5.74, 6) is -0.0556. The Morgan fingerprint density at radius 2 is 1.41 bits per heavy atom. The number of carboxylic acid groups (broad SMARTS) is 1. The minimum atomic E-state index is -4.46. The van der Waals surface area contributed by atoms with Gasteiger partial charge in [-0.25, -0.2) is 4.58 Å². The lowest BCUT2D eigenvalue weighted by Gasteiger charge is -2.34. The lowest BCUT2D eigenvalue weighted by atomic mass is 9.86. The van der Waals surface area contributed by atoms with E-state index in [1.807, 2.05) is 30.3 Å². The molecule has 19 nitrogen and oxygen atoms in total. The Bertz CT molecular complexity index is 3360. The molecule has 0 fully saturated rings. The number of aryl methyl sites for hydroxylation is 2. The van der Waals surface area contributed by atoms with Gasteiger partial charge in [-0.2, -0.15) is 16.8 Å². The summed E-state index contributed by atoms with van der Waals surface area (Å²) < 4.78 is 127. The van der Waals surface area contributed by atoms with Crippen molar-refractivity contribution in [3.8, 4) is 11.5 Å². The third-order valence-corrected chi connectivity index (χ3v) is 13.2. The number of carbonyl (C=O) groups excluding carboxylic acids is 1. The third kappa shape index (κ3) is 12.5. The Balaban J connectivity index is 0.000000883. The number of rotatable bonds is 12. The Morgan fingerprint density at radius 1 is 0.765 bits per heavy atom. The van der Waals surface area contributed by atoms with Crippen LogP contribution in [0.2, 0.25) is 0 Å². The highest BCUT2D eigenvalue weighted by atomic mass is 32.2. The third-order valence-electron chi connectivity index (χ3n) is 11.4. The summed E-state index contributed by atoms with van der Waals surface area (Å²) >= 11 is 0. The number of fused-ring (bicyclic) bond motifs is 4. The molecule has 68 heavy (non-hydrogen) atoms. The summed E-state index contributed by atoms with van der Waals surface area (Å²) in [5.41, 5.74) is 7.04. The SMILES string of the molecule is CN(CCCC(=O)O)C(=O)c1ccccc1C1=c2cc3c(cc2Oc2cc4c(cc21)CCCN4Cc1ccccc1S(=O)(=O)O)=[N+](Cc1ccc(S(=O)(=O)O)cc1)CCC3.O=S(=O)=O.O=S(=O)=O. The molecule has 3 aliphatic rings. The van der Waals surface area contributed by atoms with Crippen molar-refractivity contribution in [2.45, 2.75) is 61.4 Å². The van der Waals surface area contributed by atoms with Crippen molar-refractivity contribution in [3.05, 3.63) is 147 Å². The summed E-state index contributed by atoms with van der Waals surface area (Å²) in [4.78, 5) is 28.8. The van der Waals surface area contributed by atoms with Gasteiger partial charge in [0.2, 0.25) is 5.36 Å². The molecule has 0 aromatic heterocycles.